The molecular weight excluding hydrogens is 508 g/mol. The minimum Gasteiger partial charge on any atom is -0.497 e. The molecule has 11 heteroatoms. The molecule has 3 aliphatic rings. The van der Waals surface area contributed by atoms with E-state index in [9.17, 15) is 19.5 Å². The molecule has 38 heavy (non-hydrogen) atoms. The smallest absolute Gasteiger partial charge is 0.414 e. The summed E-state index contributed by atoms with van der Waals surface area (Å²) < 4.78 is 12.6. The molecule has 2 fully saturated rings. The number of aromatic nitrogens is 1. The Balaban J connectivity index is 1.13. The highest BCUT2D eigenvalue weighted by Crippen LogP contribution is 2.36. The molecule has 0 aliphatic carbocycles. The molecular formula is C27H28N4O6S. The number of likely N-dealkylation sites (tertiary alicyclic amines) is 1. The number of anilines is 2. The zero-order chi connectivity index (χ0) is 26.4. The molecule has 2 amide bonds. The Morgan fingerprint density at radius 1 is 1.16 bits per heavy atom. The highest BCUT2D eigenvalue weighted by molar-refractivity contribution is 8.00. The molecule has 2 aromatic carbocycles. The number of methoxy groups -OCH3 is 1. The molecule has 10 nitrogen and oxygen atoms in total. The molecule has 198 valence electrons. The van der Waals surface area contributed by atoms with Crippen molar-refractivity contribution in [1.29, 1.82) is 0 Å². The molecule has 0 radical (unpaired) electrons. The summed E-state index contributed by atoms with van der Waals surface area (Å²) in [6.45, 7) is 1.98. The molecule has 2 saturated heterocycles. The number of hydrogen-bond acceptors (Lipinski definition) is 8. The van der Waals surface area contributed by atoms with Crippen LogP contribution in [0.15, 0.2) is 58.2 Å². The number of hydrogen-bond donors (Lipinski definition) is 2. The van der Waals surface area contributed by atoms with Crippen LogP contribution in [0.2, 0.25) is 0 Å². The minimum absolute atomic E-state index is 0.0621. The van der Waals surface area contributed by atoms with E-state index in [0.717, 1.165) is 10.3 Å². The van der Waals surface area contributed by atoms with Gasteiger partial charge in [-0.2, -0.15) is 0 Å². The average molecular weight is 537 g/mol. The number of aliphatic hydroxyl groups is 1. The van der Waals surface area contributed by atoms with Crippen molar-refractivity contribution < 1.29 is 24.2 Å². The van der Waals surface area contributed by atoms with Crippen LogP contribution in [0.3, 0.4) is 0 Å². The molecule has 3 aromatic rings. The number of carbonyl (C=O) groups is 2. The number of carbonyl (C=O) groups excluding carboxylic acids is 2. The van der Waals surface area contributed by atoms with Crippen LogP contribution in [-0.2, 0) is 16.1 Å². The molecule has 3 aliphatic heterocycles. The first-order chi connectivity index (χ1) is 18.3. The maximum Gasteiger partial charge on any atom is 0.414 e. The Morgan fingerprint density at radius 2 is 2.00 bits per heavy atom. The largest absolute Gasteiger partial charge is 0.497 e. The zero-order valence-electron chi connectivity index (χ0n) is 20.9. The predicted octanol–water partition coefficient (Wildman–Crippen LogP) is 2.52. The number of β-amino-alcohol motifs (C(OH)–C–C–N with tert-alkyl or cyclic N) is 1. The lowest BCUT2D eigenvalue weighted by molar-refractivity contribution is -0.113. The van der Waals surface area contributed by atoms with E-state index in [4.69, 9.17) is 9.47 Å². The van der Waals surface area contributed by atoms with Gasteiger partial charge in [-0.3, -0.25) is 19.4 Å². The van der Waals surface area contributed by atoms with E-state index in [1.807, 2.05) is 30.3 Å². The van der Waals surface area contributed by atoms with Gasteiger partial charge in [-0.1, -0.05) is 0 Å². The molecule has 0 spiro atoms. The summed E-state index contributed by atoms with van der Waals surface area (Å²) >= 11 is 1.47. The van der Waals surface area contributed by atoms with Crippen LogP contribution < -0.4 is 20.5 Å². The van der Waals surface area contributed by atoms with Crippen LogP contribution in [0.25, 0.3) is 10.9 Å². The van der Waals surface area contributed by atoms with E-state index in [2.05, 4.69) is 10.2 Å². The Hall–Kier alpha value is -3.54. The third-order valence-corrected chi connectivity index (χ3v) is 8.38. The Morgan fingerprint density at radius 3 is 2.84 bits per heavy atom. The standard InChI is InChI=1S/C27H28N4O6S/c1-36-19-5-2-17-3-7-25(33)31(22(17)11-19)16-27(35)8-9-29(15-27)12-20-13-30(26(34)37-20)18-4-6-23-21(10-18)28-24(32)14-38-23/h2-7,10-11,20,35H,8-9,12-16H2,1H3,(H,28,32)/t20-,27?/m1/s1. The van der Waals surface area contributed by atoms with Gasteiger partial charge < -0.3 is 24.5 Å². The summed E-state index contributed by atoms with van der Waals surface area (Å²) in [4.78, 5) is 41.8. The quantitative estimate of drug-likeness (QED) is 0.494. The van der Waals surface area contributed by atoms with Crippen LogP contribution in [0.5, 0.6) is 5.75 Å². The van der Waals surface area contributed by atoms with Gasteiger partial charge in [-0.05, 0) is 48.2 Å². The van der Waals surface area contributed by atoms with Crippen molar-refractivity contribution in [1.82, 2.24) is 9.47 Å². The number of fused-ring (bicyclic) bond motifs is 2. The van der Waals surface area contributed by atoms with Crippen LogP contribution in [-0.4, -0.2) is 77.3 Å². The first-order valence-corrected chi connectivity index (χ1v) is 13.5. The maximum absolute atomic E-state index is 12.7. The Labute approximate surface area is 223 Å². The van der Waals surface area contributed by atoms with Crippen LogP contribution >= 0.6 is 11.8 Å². The van der Waals surface area contributed by atoms with E-state index < -0.39 is 11.7 Å². The summed E-state index contributed by atoms with van der Waals surface area (Å²) in [7, 11) is 1.58. The summed E-state index contributed by atoms with van der Waals surface area (Å²) in [6, 6.07) is 14.4. The molecule has 1 unspecified atom stereocenters. The zero-order valence-corrected chi connectivity index (χ0v) is 21.7. The van der Waals surface area contributed by atoms with Gasteiger partial charge in [0, 0.05) is 42.3 Å². The van der Waals surface area contributed by atoms with Gasteiger partial charge >= 0.3 is 6.09 Å². The minimum atomic E-state index is -1.10. The first-order valence-electron chi connectivity index (χ1n) is 12.5. The van der Waals surface area contributed by atoms with Crippen LogP contribution in [0, 0.1) is 0 Å². The number of ether oxygens (including phenoxy) is 2. The van der Waals surface area contributed by atoms with Gasteiger partial charge in [0.1, 0.15) is 11.9 Å². The number of nitrogens with one attached hydrogen (secondary N) is 1. The lowest BCUT2D eigenvalue weighted by atomic mass is 10.0. The third-order valence-electron chi connectivity index (χ3n) is 7.31. The number of thioether (sulfide) groups is 1. The number of amides is 2. The summed E-state index contributed by atoms with van der Waals surface area (Å²) in [5.41, 5.74) is 0.799. The fraction of sp³-hybridized carbons (Fsp3) is 0.370. The lowest BCUT2D eigenvalue weighted by Gasteiger charge is -2.26. The monoisotopic (exact) mass is 536 g/mol. The van der Waals surface area contributed by atoms with E-state index in [1.54, 1.807) is 28.7 Å². The topological polar surface area (TPSA) is 113 Å². The first kappa shape index (κ1) is 24.8. The van der Waals surface area contributed by atoms with Crippen molar-refractivity contribution in [2.24, 2.45) is 0 Å². The molecule has 2 atom stereocenters. The number of benzene rings is 2. The highest BCUT2D eigenvalue weighted by Gasteiger charge is 2.40. The molecule has 2 N–H and O–H groups in total. The normalized spacial score (nSPS) is 23.4. The second kappa shape index (κ2) is 9.64. The van der Waals surface area contributed by atoms with E-state index in [-0.39, 0.29) is 24.1 Å². The summed E-state index contributed by atoms with van der Waals surface area (Å²) in [5, 5.41) is 15.2. The van der Waals surface area contributed by atoms with Crippen molar-refractivity contribution in [2.45, 2.75) is 29.6 Å². The fourth-order valence-corrected chi connectivity index (χ4v) is 6.22. The van der Waals surface area contributed by atoms with Crippen molar-refractivity contribution in [3.8, 4) is 5.75 Å². The number of pyridine rings is 1. The number of nitrogens with zero attached hydrogens (tertiary/aromatic N) is 3. The highest BCUT2D eigenvalue weighted by atomic mass is 32.2. The summed E-state index contributed by atoms with van der Waals surface area (Å²) in [6.07, 6.45) is -0.309. The van der Waals surface area contributed by atoms with Gasteiger partial charge in [0.2, 0.25) is 5.91 Å². The average Bonchev–Trinajstić information content (AvgIpc) is 3.46. The van der Waals surface area contributed by atoms with Crippen molar-refractivity contribution in [3.63, 3.8) is 0 Å². The second-order valence-corrected chi connectivity index (χ2v) is 11.0. The molecule has 4 heterocycles. The lowest BCUT2D eigenvalue weighted by Crippen LogP contribution is -2.42. The van der Waals surface area contributed by atoms with Crippen molar-refractivity contribution in [3.05, 3.63) is 58.9 Å². The maximum atomic E-state index is 12.7. The van der Waals surface area contributed by atoms with Gasteiger partial charge in [0.05, 0.1) is 42.8 Å². The van der Waals surface area contributed by atoms with Crippen molar-refractivity contribution in [2.75, 3.05) is 49.3 Å². The fourth-order valence-electron chi connectivity index (χ4n) is 5.43. The predicted molar refractivity (Wildman–Crippen MR) is 144 cm³/mol. The SMILES string of the molecule is COc1ccc2ccc(=O)n(CC3(O)CCN(C[C@@H]4CN(c5ccc6c(c5)NC(=O)CS6)C(=O)O4)C3)c2c1. The number of rotatable bonds is 6. The Kier molecular flexibility index (Phi) is 6.29. The summed E-state index contributed by atoms with van der Waals surface area (Å²) in [5.74, 6) is 0.962. The molecule has 0 saturated carbocycles. The van der Waals surface area contributed by atoms with Crippen LogP contribution in [0.4, 0.5) is 16.2 Å². The molecule has 0 bridgehead atoms. The third kappa shape index (κ3) is 4.72. The van der Waals surface area contributed by atoms with Gasteiger partial charge in [-0.15, -0.1) is 11.8 Å². The Bertz CT molecular complexity index is 1490. The van der Waals surface area contributed by atoms with E-state index in [0.29, 0.717) is 61.0 Å². The van der Waals surface area contributed by atoms with Crippen molar-refractivity contribution >= 4 is 46.0 Å². The molecule has 6 rings (SSSR count). The van der Waals surface area contributed by atoms with Gasteiger partial charge in [0.15, 0.2) is 0 Å². The van der Waals surface area contributed by atoms with Gasteiger partial charge in [-0.25, -0.2) is 4.79 Å². The number of cyclic esters (lactones) is 1. The van der Waals surface area contributed by atoms with E-state index >= 15 is 0 Å². The molecule has 1 aromatic heterocycles. The van der Waals surface area contributed by atoms with Gasteiger partial charge in [0.25, 0.3) is 5.56 Å². The van der Waals surface area contributed by atoms with Crippen LogP contribution in [0.1, 0.15) is 6.42 Å². The second-order valence-electron chi connectivity index (χ2n) is 10.0. The van der Waals surface area contributed by atoms with E-state index in [1.165, 1.54) is 17.8 Å².